The van der Waals surface area contributed by atoms with Gasteiger partial charge >= 0.3 is 0 Å². The maximum Gasteiger partial charge on any atom is 0.223 e. The van der Waals surface area contributed by atoms with Gasteiger partial charge in [0.1, 0.15) is 0 Å². The summed E-state index contributed by atoms with van der Waals surface area (Å²) >= 11 is 0. The molecule has 2 fully saturated rings. The average molecular weight is 319 g/mol. The number of likely N-dealkylation sites (tertiary alicyclic amines) is 1. The Morgan fingerprint density at radius 3 is 2.65 bits per heavy atom. The van der Waals surface area contributed by atoms with Gasteiger partial charge in [-0.1, -0.05) is 0 Å². The number of hydrogen-bond donors (Lipinski definition) is 1. The number of nitrogens with zero attached hydrogens (tertiary/aromatic N) is 4. The molecule has 2 saturated heterocycles. The van der Waals surface area contributed by atoms with Crippen molar-refractivity contribution in [3.63, 3.8) is 0 Å². The molecule has 0 atom stereocenters. The molecule has 23 heavy (non-hydrogen) atoms. The van der Waals surface area contributed by atoms with Crippen LogP contribution < -0.4 is 5.32 Å². The first-order valence-electron chi connectivity index (χ1n) is 8.90. The van der Waals surface area contributed by atoms with E-state index in [4.69, 9.17) is 0 Å². The molecule has 0 aromatic carbocycles. The molecule has 6 nitrogen and oxygen atoms in total. The third-order valence-corrected chi connectivity index (χ3v) is 5.03. The van der Waals surface area contributed by atoms with Crippen LogP contribution in [0.5, 0.6) is 0 Å². The molecule has 128 valence electrons. The first-order valence-corrected chi connectivity index (χ1v) is 8.90. The molecule has 3 heterocycles. The van der Waals surface area contributed by atoms with Gasteiger partial charge in [0.15, 0.2) is 0 Å². The summed E-state index contributed by atoms with van der Waals surface area (Å²) in [5, 5.41) is 7.68. The Morgan fingerprint density at radius 2 is 2.00 bits per heavy atom. The molecule has 0 aliphatic carbocycles. The van der Waals surface area contributed by atoms with Crippen LogP contribution in [0.3, 0.4) is 0 Å². The zero-order chi connectivity index (χ0) is 16.1. The molecule has 2 aliphatic heterocycles. The minimum absolute atomic E-state index is 0.320. The molecule has 1 amide bonds. The topological polar surface area (TPSA) is 53.4 Å². The van der Waals surface area contributed by atoms with E-state index in [1.807, 2.05) is 11.1 Å². The normalized spacial score (nSPS) is 20.8. The summed E-state index contributed by atoms with van der Waals surface area (Å²) in [7, 11) is 0. The highest BCUT2D eigenvalue weighted by Gasteiger charge is 2.22. The van der Waals surface area contributed by atoms with Crippen molar-refractivity contribution in [3.8, 4) is 0 Å². The Balaban J connectivity index is 1.35. The van der Waals surface area contributed by atoms with Crippen molar-refractivity contribution < 1.29 is 4.79 Å². The van der Waals surface area contributed by atoms with Gasteiger partial charge in [-0.15, -0.1) is 0 Å². The molecule has 0 saturated carbocycles. The number of nitrogens with one attached hydrogen (secondary N) is 1. The van der Waals surface area contributed by atoms with E-state index in [0.29, 0.717) is 12.3 Å². The first kappa shape index (κ1) is 16.5. The van der Waals surface area contributed by atoms with Crippen LogP contribution in [0.2, 0.25) is 0 Å². The summed E-state index contributed by atoms with van der Waals surface area (Å²) in [6.07, 6.45) is 7.14. The molecule has 1 N–H and O–H groups in total. The van der Waals surface area contributed by atoms with Gasteiger partial charge in [-0.2, -0.15) is 5.10 Å². The molecule has 0 bridgehead atoms. The standard InChI is InChI=1S/C17H29N5O/c1-15-12-19-22(13-15)14-16-2-7-20(8-3-16)9-4-17(23)21-10-5-18-6-11-21/h12-13,16,18H,2-11,14H2,1H3. The van der Waals surface area contributed by atoms with Crippen molar-refractivity contribution in [3.05, 3.63) is 18.0 Å². The Morgan fingerprint density at radius 1 is 1.26 bits per heavy atom. The van der Waals surface area contributed by atoms with Gasteiger partial charge in [0, 0.05) is 51.9 Å². The Bertz CT molecular complexity index is 501. The molecule has 3 rings (SSSR count). The van der Waals surface area contributed by atoms with Crippen molar-refractivity contribution in [2.24, 2.45) is 5.92 Å². The van der Waals surface area contributed by atoms with Gasteiger partial charge in [0.05, 0.1) is 6.20 Å². The van der Waals surface area contributed by atoms with E-state index in [-0.39, 0.29) is 0 Å². The molecule has 1 aromatic heterocycles. The van der Waals surface area contributed by atoms with Gasteiger partial charge in [-0.25, -0.2) is 0 Å². The van der Waals surface area contributed by atoms with Gasteiger partial charge in [-0.05, 0) is 44.3 Å². The van der Waals surface area contributed by atoms with E-state index in [1.54, 1.807) is 0 Å². The smallest absolute Gasteiger partial charge is 0.223 e. The van der Waals surface area contributed by atoms with E-state index in [9.17, 15) is 4.79 Å². The van der Waals surface area contributed by atoms with Crippen molar-refractivity contribution in [1.29, 1.82) is 0 Å². The maximum absolute atomic E-state index is 12.2. The van der Waals surface area contributed by atoms with E-state index < -0.39 is 0 Å². The molecule has 2 aliphatic rings. The van der Waals surface area contributed by atoms with Crippen molar-refractivity contribution in [2.45, 2.75) is 32.7 Å². The van der Waals surface area contributed by atoms with E-state index in [2.05, 4.69) is 33.1 Å². The molecule has 6 heteroatoms. The highest BCUT2D eigenvalue weighted by molar-refractivity contribution is 5.76. The summed E-state index contributed by atoms with van der Waals surface area (Å²) in [6.45, 7) is 9.85. The number of carbonyl (C=O) groups excluding carboxylic acids is 1. The second-order valence-corrected chi connectivity index (χ2v) is 6.91. The van der Waals surface area contributed by atoms with Crippen LogP contribution in [-0.4, -0.2) is 71.3 Å². The van der Waals surface area contributed by atoms with Crippen LogP contribution in [0.1, 0.15) is 24.8 Å². The summed E-state index contributed by atoms with van der Waals surface area (Å²) < 4.78 is 2.07. The lowest BCUT2D eigenvalue weighted by Gasteiger charge is -2.33. The Hall–Kier alpha value is -1.40. The lowest BCUT2D eigenvalue weighted by atomic mass is 9.97. The summed E-state index contributed by atoms with van der Waals surface area (Å²) in [6, 6.07) is 0. The minimum atomic E-state index is 0.320. The predicted octanol–water partition coefficient (Wildman–Crippen LogP) is 0.725. The fourth-order valence-corrected chi connectivity index (χ4v) is 3.55. The van der Waals surface area contributed by atoms with Gasteiger partial charge in [0.25, 0.3) is 0 Å². The van der Waals surface area contributed by atoms with Crippen LogP contribution in [0, 0.1) is 12.8 Å². The van der Waals surface area contributed by atoms with Crippen LogP contribution in [-0.2, 0) is 11.3 Å². The van der Waals surface area contributed by atoms with Crippen LogP contribution >= 0.6 is 0 Å². The molecular weight excluding hydrogens is 290 g/mol. The average Bonchev–Trinajstić information content (AvgIpc) is 2.99. The molecule has 1 aromatic rings. The van der Waals surface area contributed by atoms with Gasteiger partial charge in [-0.3, -0.25) is 9.48 Å². The second kappa shape index (κ2) is 7.93. The lowest BCUT2D eigenvalue weighted by molar-refractivity contribution is -0.132. The fourth-order valence-electron chi connectivity index (χ4n) is 3.55. The number of rotatable bonds is 5. The molecule has 0 radical (unpaired) electrons. The minimum Gasteiger partial charge on any atom is -0.340 e. The Labute approximate surface area is 138 Å². The quantitative estimate of drug-likeness (QED) is 0.869. The van der Waals surface area contributed by atoms with Crippen molar-refractivity contribution in [1.82, 2.24) is 24.9 Å². The number of carbonyl (C=O) groups is 1. The number of amides is 1. The third-order valence-electron chi connectivity index (χ3n) is 5.03. The van der Waals surface area contributed by atoms with Gasteiger partial charge in [0.2, 0.25) is 5.91 Å². The third kappa shape index (κ3) is 4.78. The number of hydrogen-bond acceptors (Lipinski definition) is 4. The van der Waals surface area contributed by atoms with Gasteiger partial charge < -0.3 is 15.1 Å². The van der Waals surface area contributed by atoms with Crippen molar-refractivity contribution >= 4 is 5.91 Å². The monoisotopic (exact) mass is 319 g/mol. The highest BCUT2D eigenvalue weighted by Crippen LogP contribution is 2.19. The molecule has 0 spiro atoms. The molecular formula is C17H29N5O. The van der Waals surface area contributed by atoms with Crippen LogP contribution in [0.25, 0.3) is 0 Å². The number of piperazine rings is 1. The second-order valence-electron chi connectivity index (χ2n) is 6.91. The number of aryl methyl sites for hydroxylation is 1. The number of piperidine rings is 1. The highest BCUT2D eigenvalue weighted by atomic mass is 16.2. The lowest BCUT2D eigenvalue weighted by Crippen LogP contribution is -2.47. The SMILES string of the molecule is Cc1cnn(CC2CCN(CCC(=O)N3CCNCC3)CC2)c1. The van der Waals surface area contributed by atoms with Crippen molar-refractivity contribution in [2.75, 3.05) is 45.8 Å². The first-order chi connectivity index (χ1) is 11.2. The summed E-state index contributed by atoms with van der Waals surface area (Å²) in [5.41, 5.74) is 1.23. The van der Waals surface area contributed by atoms with E-state index in [0.717, 1.165) is 58.3 Å². The fraction of sp³-hybridized carbons (Fsp3) is 0.765. The van der Waals surface area contributed by atoms with E-state index >= 15 is 0 Å². The zero-order valence-electron chi connectivity index (χ0n) is 14.2. The molecule has 0 unspecified atom stereocenters. The maximum atomic E-state index is 12.2. The zero-order valence-corrected chi connectivity index (χ0v) is 14.2. The summed E-state index contributed by atoms with van der Waals surface area (Å²) in [5.74, 6) is 1.04. The number of aromatic nitrogens is 2. The van der Waals surface area contributed by atoms with E-state index in [1.165, 1.54) is 18.4 Å². The van der Waals surface area contributed by atoms with Crippen LogP contribution in [0.4, 0.5) is 0 Å². The largest absolute Gasteiger partial charge is 0.340 e. The summed E-state index contributed by atoms with van der Waals surface area (Å²) in [4.78, 5) is 16.7. The van der Waals surface area contributed by atoms with Crippen LogP contribution in [0.15, 0.2) is 12.4 Å². The Kier molecular flexibility index (Phi) is 5.67. The predicted molar refractivity (Wildman–Crippen MR) is 90.2 cm³/mol.